The van der Waals surface area contributed by atoms with Crippen LogP contribution in [0.3, 0.4) is 0 Å². The number of fused-ring (bicyclic) bond motifs is 3. The fourth-order valence-electron chi connectivity index (χ4n) is 4.01. The van der Waals surface area contributed by atoms with Crippen molar-refractivity contribution >= 4 is 39.6 Å². The van der Waals surface area contributed by atoms with Gasteiger partial charge in [0, 0.05) is 22.6 Å². The number of aromatic carboxylic acids is 1. The maximum atomic E-state index is 12.5. The number of halogens is 1. The molecule has 0 radical (unpaired) electrons. The second-order valence-electron chi connectivity index (χ2n) is 8.10. The number of carbonyl (C=O) groups excluding carboxylic acids is 2. The molecular formula is C26H23BrN2O5. The SMILES string of the molecule is CC(CNC(=O)OCC1c2ccccc2-c2ccccc21)C(=O)Nc1ccc(Br)c(C(=O)O)c1. The number of rotatable bonds is 7. The van der Waals surface area contributed by atoms with E-state index in [1.807, 2.05) is 36.4 Å². The minimum absolute atomic E-state index is 0.0419. The standard InChI is InChI=1S/C26H23BrN2O5/c1-15(24(30)29-16-10-11-23(27)21(12-16)25(31)32)13-28-26(33)34-14-22-19-8-4-2-6-17(19)18-7-3-5-9-20(18)22/h2-12,15,22H,13-14H2,1H3,(H,28,33)(H,29,30)(H,31,32). The van der Waals surface area contributed by atoms with Crippen molar-refractivity contribution in [1.82, 2.24) is 5.32 Å². The topological polar surface area (TPSA) is 105 Å². The van der Waals surface area contributed by atoms with Crippen molar-refractivity contribution in [3.63, 3.8) is 0 Å². The van der Waals surface area contributed by atoms with Crippen molar-refractivity contribution in [2.75, 3.05) is 18.5 Å². The number of anilines is 1. The van der Waals surface area contributed by atoms with E-state index in [0.717, 1.165) is 22.3 Å². The van der Waals surface area contributed by atoms with Gasteiger partial charge in [-0.05, 0) is 56.4 Å². The summed E-state index contributed by atoms with van der Waals surface area (Å²) in [6, 6.07) is 20.7. The first kappa shape index (κ1) is 23.5. The zero-order chi connectivity index (χ0) is 24.2. The van der Waals surface area contributed by atoms with E-state index in [-0.39, 0.29) is 30.5 Å². The molecule has 0 bridgehead atoms. The van der Waals surface area contributed by atoms with Crippen LogP contribution in [-0.4, -0.2) is 36.2 Å². The number of hydrogen-bond acceptors (Lipinski definition) is 4. The molecule has 2 amide bonds. The number of alkyl carbamates (subject to hydrolysis) is 1. The lowest BCUT2D eigenvalue weighted by atomic mass is 9.98. The largest absolute Gasteiger partial charge is 0.478 e. The van der Waals surface area contributed by atoms with Crippen molar-refractivity contribution in [3.8, 4) is 11.1 Å². The monoisotopic (exact) mass is 522 g/mol. The van der Waals surface area contributed by atoms with Gasteiger partial charge in [-0.1, -0.05) is 55.5 Å². The summed E-state index contributed by atoms with van der Waals surface area (Å²) in [5.74, 6) is -2.05. The Bertz CT molecular complexity index is 1210. The van der Waals surface area contributed by atoms with Gasteiger partial charge in [-0.2, -0.15) is 0 Å². The molecule has 0 aliphatic heterocycles. The minimum Gasteiger partial charge on any atom is -0.478 e. The van der Waals surface area contributed by atoms with Gasteiger partial charge < -0.3 is 20.5 Å². The number of carbonyl (C=O) groups is 3. The molecule has 34 heavy (non-hydrogen) atoms. The molecule has 174 valence electrons. The highest BCUT2D eigenvalue weighted by Gasteiger charge is 2.29. The van der Waals surface area contributed by atoms with Gasteiger partial charge in [0.05, 0.1) is 11.5 Å². The van der Waals surface area contributed by atoms with E-state index in [1.165, 1.54) is 6.07 Å². The number of hydrogen-bond donors (Lipinski definition) is 3. The summed E-state index contributed by atoms with van der Waals surface area (Å²) in [4.78, 5) is 36.1. The highest BCUT2D eigenvalue weighted by atomic mass is 79.9. The molecule has 0 saturated heterocycles. The van der Waals surface area contributed by atoms with Crippen LogP contribution < -0.4 is 10.6 Å². The van der Waals surface area contributed by atoms with E-state index in [2.05, 4.69) is 38.7 Å². The van der Waals surface area contributed by atoms with Crippen LogP contribution in [0.15, 0.2) is 71.2 Å². The van der Waals surface area contributed by atoms with Crippen molar-refractivity contribution in [2.24, 2.45) is 5.92 Å². The van der Waals surface area contributed by atoms with Crippen LogP contribution in [0.25, 0.3) is 11.1 Å². The highest BCUT2D eigenvalue weighted by molar-refractivity contribution is 9.10. The summed E-state index contributed by atoms with van der Waals surface area (Å²) in [5.41, 5.74) is 4.95. The van der Waals surface area contributed by atoms with Crippen LogP contribution in [0.5, 0.6) is 0 Å². The van der Waals surface area contributed by atoms with Crippen molar-refractivity contribution in [1.29, 1.82) is 0 Å². The fraction of sp³-hybridized carbons (Fsp3) is 0.192. The number of nitrogens with one attached hydrogen (secondary N) is 2. The Morgan fingerprint density at radius 3 is 2.24 bits per heavy atom. The molecule has 3 aromatic rings. The van der Waals surface area contributed by atoms with Gasteiger partial charge in [-0.3, -0.25) is 4.79 Å². The lowest BCUT2D eigenvalue weighted by molar-refractivity contribution is -0.119. The third-order valence-electron chi connectivity index (χ3n) is 5.81. The molecule has 1 aliphatic rings. The Balaban J connectivity index is 1.30. The van der Waals surface area contributed by atoms with Gasteiger partial charge in [-0.25, -0.2) is 9.59 Å². The van der Waals surface area contributed by atoms with Crippen LogP contribution in [0.1, 0.15) is 34.3 Å². The van der Waals surface area contributed by atoms with Gasteiger partial charge in [0.1, 0.15) is 6.61 Å². The third-order valence-corrected chi connectivity index (χ3v) is 6.50. The van der Waals surface area contributed by atoms with Crippen LogP contribution in [-0.2, 0) is 9.53 Å². The van der Waals surface area contributed by atoms with E-state index < -0.39 is 18.0 Å². The number of benzene rings is 3. The summed E-state index contributed by atoms with van der Waals surface area (Å²) in [6.45, 7) is 1.93. The van der Waals surface area contributed by atoms with Gasteiger partial charge in [0.15, 0.2) is 0 Å². The molecule has 3 N–H and O–H groups in total. The summed E-state index contributed by atoms with van der Waals surface area (Å²) in [6.07, 6.45) is -0.599. The van der Waals surface area contributed by atoms with Gasteiger partial charge in [0.2, 0.25) is 5.91 Å². The molecule has 0 saturated carbocycles. The normalized spacial score (nSPS) is 12.9. The summed E-state index contributed by atoms with van der Waals surface area (Å²) < 4.78 is 5.91. The molecular weight excluding hydrogens is 500 g/mol. The molecule has 0 fully saturated rings. The lowest BCUT2D eigenvalue weighted by Crippen LogP contribution is -2.35. The molecule has 3 aromatic carbocycles. The van der Waals surface area contributed by atoms with Gasteiger partial charge in [-0.15, -0.1) is 0 Å². The maximum Gasteiger partial charge on any atom is 0.407 e. The molecule has 7 nitrogen and oxygen atoms in total. The van der Waals surface area contributed by atoms with Gasteiger partial charge >= 0.3 is 12.1 Å². The number of amides is 2. The average molecular weight is 523 g/mol. The Kier molecular flexibility index (Phi) is 6.98. The molecule has 1 aliphatic carbocycles. The third kappa shape index (κ3) is 4.97. The molecule has 0 heterocycles. The summed E-state index contributed by atoms with van der Waals surface area (Å²) in [7, 11) is 0. The van der Waals surface area contributed by atoms with Crippen LogP contribution >= 0.6 is 15.9 Å². The van der Waals surface area contributed by atoms with Crippen molar-refractivity contribution in [2.45, 2.75) is 12.8 Å². The Morgan fingerprint density at radius 1 is 1.00 bits per heavy atom. The van der Waals surface area contributed by atoms with E-state index in [0.29, 0.717) is 10.2 Å². The van der Waals surface area contributed by atoms with E-state index >= 15 is 0 Å². The highest BCUT2D eigenvalue weighted by Crippen LogP contribution is 2.44. The predicted molar refractivity (Wildman–Crippen MR) is 132 cm³/mol. The molecule has 4 rings (SSSR count). The molecule has 8 heteroatoms. The second-order valence-corrected chi connectivity index (χ2v) is 8.95. The molecule has 1 atom stereocenters. The number of ether oxygens (including phenoxy) is 1. The quantitative estimate of drug-likeness (QED) is 0.392. The second kappa shape index (κ2) is 10.1. The van der Waals surface area contributed by atoms with Crippen molar-refractivity contribution < 1.29 is 24.2 Å². The first-order valence-electron chi connectivity index (χ1n) is 10.8. The zero-order valence-corrected chi connectivity index (χ0v) is 20.0. The average Bonchev–Trinajstić information content (AvgIpc) is 3.16. The van der Waals surface area contributed by atoms with E-state index in [9.17, 15) is 19.5 Å². The fourth-order valence-corrected chi connectivity index (χ4v) is 4.43. The smallest absolute Gasteiger partial charge is 0.407 e. The first-order valence-corrected chi connectivity index (χ1v) is 11.6. The van der Waals surface area contributed by atoms with Crippen LogP contribution in [0.2, 0.25) is 0 Å². The molecule has 0 aromatic heterocycles. The maximum absolute atomic E-state index is 12.5. The number of carboxylic acids is 1. The minimum atomic E-state index is -1.10. The first-order chi connectivity index (χ1) is 16.3. The number of carboxylic acid groups (broad SMARTS) is 1. The predicted octanol–water partition coefficient (Wildman–Crippen LogP) is 5.26. The van der Waals surface area contributed by atoms with E-state index in [4.69, 9.17) is 4.74 Å². The Morgan fingerprint density at radius 2 is 1.62 bits per heavy atom. The molecule has 1 unspecified atom stereocenters. The van der Waals surface area contributed by atoms with Crippen LogP contribution in [0, 0.1) is 5.92 Å². The van der Waals surface area contributed by atoms with Gasteiger partial charge in [0.25, 0.3) is 0 Å². The summed E-state index contributed by atoms with van der Waals surface area (Å²) in [5, 5.41) is 14.5. The Labute approximate surface area is 205 Å². The Hall–Kier alpha value is -3.65. The van der Waals surface area contributed by atoms with E-state index in [1.54, 1.807) is 19.1 Å². The lowest BCUT2D eigenvalue weighted by Gasteiger charge is -2.16. The van der Waals surface area contributed by atoms with Crippen LogP contribution in [0.4, 0.5) is 10.5 Å². The zero-order valence-electron chi connectivity index (χ0n) is 18.4. The van der Waals surface area contributed by atoms with Crippen molar-refractivity contribution in [3.05, 3.63) is 87.9 Å². The molecule has 0 spiro atoms. The summed E-state index contributed by atoms with van der Waals surface area (Å²) >= 11 is 3.17.